The van der Waals surface area contributed by atoms with Crippen LogP contribution in [0.25, 0.3) is 5.57 Å². The maximum atomic E-state index is 3.69. The Kier molecular flexibility index (Phi) is 19.3. The Morgan fingerprint density at radius 2 is 1.00 bits per heavy atom. The molecule has 0 aliphatic carbocycles. The maximum Gasteiger partial charge on any atom is 1.00 e. The first-order chi connectivity index (χ1) is 12.9. The molecule has 0 aliphatic heterocycles. The quantitative estimate of drug-likeness (QED) is 0.278. The van der Waals surface area contributed by atoms with E-state index in [0.29, 0.717) is 0 Å². The number of hydrogen-bond acceptors (Lipinski definition) is 0. The van der Waals surface area contributed by atoms with Crippen molar-refractivity contribution in [2.75, 3.05) is 0 Å². The van der Waals surface area contributed by atoms with Crippen LogP contribution in [0.5, 0.6) is 0 Å². The van der Waals surface area contributed by atoms with Gasteiger partial charge in [-0.05, 0) is 0 Å². The molecule has 2 rings (SSSR count). The van der Waals surface area contributed by atoms with E-state index in [1.165, 1.54) is 80.9 Å². The predicted octanol–water partition coefficient (Wildman–Crippen LogP) is 2.35. The molecule has 0 saturated heterocycles. The van der Waals surface area contributed by atoms with Crippen molar-refractivity contribution in [1.82, 2.24) is 0 Å². The van der Waals surface area contributed by atoms with Crippen LogP contribution in [0, 0.1) is 6.08 Å². The molecule has 0 amide bonds. The minimum Gasteiger partial charge on any atom is -1.00 e. The zero-order chi connectivity index (χ0) is 18.3. The molecule has 0 heterocycles. The fraction of sp³-hybridized carbons (Fsp3) is 0.462. The summed E-state index contributed by atoms with van der Waals surface area (Å²) >= 11 is 0. The topological polar surface area (TPSA) is 0 Å². The fourth-order valence-electron chi connectivity index (χ4n) is 3.41. The molecule has 2 aromatic carbocycles. The summed E-state index contributed by atoms with van der Waals surface area (Å²) in [6, 6.07) is 21.4. The summed E-state index contributed by atoms with van der Waals surface area (Å²) in [5.41, 5.74) is 3.79. The number of unbranched alkanes of at least 4 members (excludes halogenated alkanes) is 10. The molecule has 142 valence electrons. The third kappa shape index (κ3) is 12.0. The first-order valence-electron chi connectivity index (χ1n) is 10.6. The van der Waals surface area contributed by atoms with Crippen LogP contribution >= 0.6 is 0 Å². The van der Waals surface area contributed by atoms with E-state index in [4.69, 9.17) is 0 Å². The minimum absolute atomic E-state index is 0. The van der Waals surface area contributed by atoms with E-state index in [1.807, 2.05) is 0 Å². The average Bonchev–Trinajstić information content (AvgIpc) is 2.70. The van der Waals surface area contributed by atoms with Gasteiger partial charge in [0.1, 0.15) is 0 Å². The summed E-state index contributed by atoms with van der Waals surface area (Å²) < 4.78 is 0. The second-order valence-electron chi connectivity index (χ2n) is 7.22. The Morgan fingerprint density at radius 1 is 0.607 bits per heavy atom. The summed E-state index contributed by atoms with van der Waals surface area (Å²) in [7, 11) is 0. The molecule has 0 atom stereocenters. The SMILES string of the molecule is CCCCCCCCCCCC[C-]=C(c1ccccc1)c1ccccc1.[H-].[Na+].[Na+]. The maximum absolute atomic E-state index is 3.69. The molecule has 0 radical (unpaired) electrons. The molecule has 0 aromatic heterocycles. The van der Waals surface area contributed by atoms with Crippen molar-refractivity contribution in [3.05, 3.63) is 77.9 Å². The van der Waals surface area contributed by atoms with E-state index < -0.39 is 0 Å². The largest absolute Gasteiger partial charge is 1.00 e. The van der Waals surface area contributed by atoms with Crippen molar-refractivity contribution in [3.8, 4) is 0 Å². The Balaban J connectivity index is 0. The summed E-state index contributed by atoms with van der Waals surface area (Å²) in [4.78, 5) is 0. The van der Waals surface area contributed by atoms with Gasteiger partial charge in [-0.1, -0.05) is 114 Å². The summed E-state index contributed by atoms with van der Waals surface area (Å²) in [5.74, 6) is 0. The molecule has 0 N–H and O–H groups in total. The van der Waals surface area contributed by atoms with Gasteiger partial charge < -0.3 is 1.43 Å². The molecule has 0 spiro atoms. The first-order valence-corrected chi connectivity index (χ1v) is 10.6. The summed E-state index contributed by atoms with van der Waals surface area (Å²) in [6.45, 7) is 2.28. The molecular weight excluding hydrogens is 358 g/mol. The molecule has 0 bridgehead atoms. The van der Waals surface area contributed by atoms with Gasteiger partial charge in [0.15, 0.2) is 0 Å². The van der Waals surface area contributed by atoms with E-state index in [2.05, 4.69) is 73.7 Å². The van der Waals surface area contributed by atoms with Crippen LogP contribution in [0.3, 0.4) is 0 Å². The number of hydrogen-bond donors (Lipinski definition) is 0. The van der Waals surface area contributed by atoms with Gasteiger partial charge >= 0.3 is 59.1 Å². The first kappa shape index (κ1) is 28.2. The second kappa shape index (κ2) is 19.2. The Bertz CT molecular complexity index is 570. The van der Waals surface area contributed by atoms with Gasteiger partial charge in [0, 0.05) is 0 Å². The van der Waals surface area contributed by atoms with Crippen LogP contribution in [0.4, 0.5) is 0 Å². The minimum atomic E-state index is 0. The monoisotopic (exact) mass is 394 g/mol. The van der Waals surface area contributed by atoms with Crippen LogP contribution in [-0.2, 0) is 0 Å². The van der Waals surface area contributed by atoms with Gasteiger partial charge in [-0.15, -0.1) is 35.4 Å². The van der Waals surface area contributed by atoms with Crippen molar-refractivity contribution >= 4 is 5.57 Å². The van der Waals surface area contributed by atoms with Crippen molar-refractivity contribution in [2.24, 2.45) is 0 Å². The van der Waals surface area contributed by atoms with E-state index in [9.17, 15) is 0 Å². The molecule has 0 fully saturated rings. The number of allylic oxidation sites excluding steroid dienone is 1. The molecule has 28 heavy (non-hydrogen) atoms. The zero-order valence-electron chi connectivity index (χ0n) is 19.6. The molecule has 2 aromatic rings. The average molecular weight is 395 g/mol. The molecule has 2 heteroatoms. The van der Waals surface area contributed by atoms with Crippen LogP contribution in [-0.4, -0.2) is 0 Å². The van der Waals surface area contributed by atoms with Gasteiger partial charge in [0.05, 0.1) is 0 Å². The van der Waals surface area contributed by atoms with Gasteiger partial charge in [0.2, 0.25) is 0 Å². The van der Waals surface area contributed by atoms with Crippen molar-refractivity contribution < 1.29 is 60.5 Å². The molecule has 0 saturated carbocycles. The van der Waals surface area contributed by atoms with Crippen LogP contribution < -0.4 is 59.1 Å². The third-order valence-electron chi connectivity index (χ3n) is 4.96. The third-order valence-corrected chi connectivity index (χ3v) is 4.96. The Labute approximate surface area is 219 Å². The number of benzene rings is 2. The van der Waals surface area contributed by atoms with Crippen molar-refractivity contribution in [2.45, 2.75) is 77.6 Å². The van der Waals surface area contributed by atoms with Crippen molar-refractivity contribution in [3.63, 3.8) is 0 Å². The number of rotatable bonds is 13. The zero-order valence-corrected chi connectivity index (χ0v) is 22.6. The standard InChI is InChI=1S/C26H35.2Na.H/c1-2-3-4-5-6-7-8-9-10-11-18-23-26(24-19-14-12-15-20-24)25-21-16-13-17-22-25;;;/h12-17,19-22H,2-11,18H2,1H3;;;/q-1;2*+1;-1. The predicted molar refractivity (Wildman–Crippen MR) is 116 cm³/mol. The van der Waals surface area contributed by atoms with E-state index in [0.717, 1.165) is 6.42 Å². The summed E-state index contributed by atoms with van der Waals surface area (Å²) in [5, 5.41) is 0. The van der Waals surface area contributed by atoms with Gasteiger partial charge in [-0.3, -0.25) is 0 Å². The normalized spacial score (nSPS) is 9.89. The van der Waals surface area contributed by atoms with Crippen LogP contribution in [0.2, 0.25) is 0 Å². The van der Waals surface area contributed by atoms with Crippen LogP contribution in [0.1, 0.15) is 90.1 Å². The van der Waals surface area contributed by atoms with Crippen molar-refractivity contribution in [1.29, 1.82) is 0 Å². The van der Waals surface area contributed by atoms with E-state index in [-0.39, 0.29) is 60.5 Å². The van der Waals surface area contributed by atoms with Crippen LogP contribution in [0.15, 0.2) is 60.7 Å². The van der Waals surface area contributed by atoms with Gasteiger partial charge in [-0.25, -0.2) is 0 Å². The van der Waals surface area contributed by atoms with Gasteiger partial charge in [0.25, 0.3) is 0 Å². The molecular formula is C26H36Na2. The molecule has 0 unspecified atom stereocenters. The Hall–Kier alpha value is 0.180. The Morgan fingerprint density at radius 3 is 1.43 bits per heavy atom. The summed E-state index contributed by atoms with van der Waals surface area (Å²) in [6.07, 6.45) is 18.6. The van der Waals surface area contributed by atoms with E-state index >= 15 is 0 Å². The van der Waals surface area contributed by atoms with E-state index in [1.54, 1.807) is 0 Å². The second-order valence-corrected chi connectivity index (χ2v) is 7.22. The fourth-order valence-corrected chi connectivity index (χ4v) is 3.41. The molecule has 0 nitrogen and oxygen atoms in total. The van der Waals surface area contributed by atoms with Gasteiger partial charge in [-0.2, -0.15) is 11.6 Å². The smallest absolute Gasteiger partial charge is 1.00 e. The molecule has 0 aliphatic rings.